The minimum atomic E-state index is 0.537. The summed E-state index contributed by atoms with van der Waals surface area (Å²) in [5.74, 6) is 1.39. The Morgan fingerprint density at radius 1 is 1.41 bits per heavy atom. The predicted octanol–water partition coefficient (Wildman–Crippen LogP) is 2.94. The summed E-state index contributed by atoms with van der Waals surface area (Å²) >= 11 is 5.92. The van der Waals surface area contributed by atoms with Crippen molar-refractivity contribution in [1.29, 1.82) is 0 Å². The Labute approximate surface area is 104 Å². The van der Waals surface area contributed by atoms with E-state index in [2.05, 4.69) is 10.1 Å². The van der Waals surface area contributed by atoms with Crippen LogP contribution in [-0.4, -0.2) is 21.9 Å². The standard InChI is InChI=1S/C12H12ClN3O/c1-17-11-6-8(13)2-5-10(11)12-14-7-16(15-12)9-3-4-9/h2,5-7,9H,3-4H2,1H3. The van der Waals surface area contributed by atoms with E-state index in [9.17, 15) is 0 Å². The van der Waals surface area contributed by atoms with E-state index in [1.54, 1.807) is 19.5 Å². The Morgan fingerprint density at radius 3 is 2.94 bits per heavy atom. The van der Waals surface area contributed by atoms with Gasteiger partial charge in [-0.15, -0.1) is 0 Å². The average Bonchev–Trinajstić information content (AvgIpc) is 3.08. The van der Waals surface area contributed by atoms with Crippen LogP contribution < -0.4 is 4.74 Å². The van der Waals surface area contributed by atoms with Gasteiger partial charge in [-0.3, -0.25) is 0 Å². The third kappa shape index (κ3) is 2.00. The van der Waals surface area contributed by atoms with E-state index in [0.29, 0.717) is 22.6 Å². The molecule has 1 aromatic carbocycles. The van der Waals surface area contributed by atoms with Gasteiger partial charge in [0.15, 0.2) is 5.82 Å². The Hall–Kier alpha value is -1.55. The molecule has 0 unspecified atom stereocenters. The van der Waals surface area contributed by atoms with Gasteiger partial charge in [-0.25, -0.2) is 9.67 Å². The van der Waals surface area contributed by atoms with Crippen LogP contribution >= 0.6 is 11.6 Å². The molecule has 0 radical (unpaired) electrons. The number of rotatable bonds is 3. The van der Waals surface area contributed by atoms with E-state index < -0.39 is 0 Å². The van der Waals surface area contributed by atoms with Crippen molar-refractivity contribution in [2.75, 3.05) is 7.11 Å². The van der Waals surface area contributed by atoms with Crippen molar-refractivity contribution in [3.05, 3.63) is 29.5 Å². The minimum Gasteiger partial charge on any atom is -0.496 e. The summed E-state index contributed by atoms with van der Waals surface area (Å²) in [4.78, 5) is 4.31. The molecule has 2 aromatic rings. The van der Waals surface area contributed by atoms with Gasteiger partial charge in [0.05, 0.1) is 18.7 Å². The Balaban J connectivity index is 2.01. The summed E-state index contributed by atoms with van der Waals surface area (Å²) in [5, 5.41) is 5.11. The molecule has 0 N–H and O–H groups in total. The summed E-state index contributed by atoms with van der Waals surface area (Å²) < 4.78 is 7.21. The smallest absolute Gasteiger partial charge is 0.184 e. The van der Waals surface area contributed by atoms with Crippen molar-refractivity contribution in [1.82, 2.24) is 14.8 Å². The molecule has 0 spiro atoms. The lowest BCUT2D eigenvalue weighted by atomic mass is 10.2. The molecule has 5 heteroatoms. The summed E-state index contributed by atoms with van der Waals surface area (Å²) in [6.45, 7) is 0. The second kappa shape index (κ2) is 4.04. The molecule has 1 saturated carbocycles. The van der Waals surface area contributed by atoms with Gasteiger partial charge in [-0.1, -0.05) is 11.6 Å². The molecule has 1 fully saturated rings. The molecule has 0 amide bonds. The van der Waals surface area contributed by atoms with Crippen LogP contribution in [0.25, 0.3) is 11.4 Å². The van der Waals surface area contributed by atoms with Crippen molar-refractivity contribution in [3.8, 4) is 17.1 Å². The second-order valence-corrected chi connectivity index (χ2v) is 4.56. The third-order valence-corrected chi connectivity index (χ3v) is 3.07. The fourth-order valence-electron chi connectivity index (χ4n) is 1.76. The molecule has 3 rings (SSSR count). The Bertz CT molecular complexity index is 548. The Kier molecular flexibility index (Phi) is 2.52. The monoisotopic (exact) mass is 249 g/mol. The van der Waals surface area contributed by atoms with Crippen molar-refractivity contribution < 1.29 is 4.74 Å². The van der Waals surface area contributed by atoms with Crippen LogP contribution in [0.3, 0.4) is 0 Å². The van der Waals surface area contributed by atoms with Gasteiger partial charge in [-0.05, 0) is 31.0 Å². The zero-order valence-corrected chi connectivity index (χ0v) is 10.2. The van der Waals surface area contributed by atoms with Crippen LogP contribution in [0.15, 0.2) is 24.5 Å². The second-order valence-electron chi connectivity index (χ2n) is 4.12. The highest BCUT2D eigenvalue weighted by Crippen LogP contribution is 2.35. The maximum atomic E-state index is 5.92. The molecule has 1 heterocycles. The van der Waals surface area contributed by atoms with Gasteiger partial charge in [-0.2, -0.15) is 5.10 Å². The molecule has 88 valence electrons. The van der Waals surface area contributed by atoms with Crippen molar-refractivity contribution in [3.63, 3.8) is 0 Å². The topological polar surface area (TPSA) is 39.9 Å². The summed E-state index contributed by atoms with van der Waals surface area (Å²) in [6, 6.07) is 6.01. The fourth-order valence-corrected chi connectivity index (χ4v) is 1.93. The molecule has 0 bridgehead atoms. The highest BCUT2D eigenvalue weighted by molar-refractivity contribution is 6.30. The van der Waals surface area contributed by atoms with E-state index in [1.807, 2.05) is 16.8 Å². The van der Waals surface area contributed by atoms with Crippen LogP contribution in [0, 0.1) is 0 Å². The van der Waals surface area contributed by atoms with Crippen LogP contribution in [0.5, 0.6) is 5.75 Å². The zero-order valence-electron chi connectivity index (χ0n) is 9.43. The van der Waals surface area contributed by atoms with Crippen LogP contribution in [0.4, 0.5) is 0 Å². The van der Waals surface area contributed by atoms with E-state index >= 15 is 0 Å². The molecule has 0 atom stereocenters. The van der Waals surface area contributed by atoms with Crippen molar-refractivity contribution >= 4 is 11.6 Å². The Morgan fingerprint density at radius 2 is 2.24 bits per heavy atom. The molecule has 17 heavy (non-hydrogen) atoms. The van der Waals surface area contributed by atoms with Gasteiger partial charge in [0.1, 0.15) is 12.1 Å². The lowest BCUT2D eigenvalue weighted by Crippen LogP contribution is -1.95. The maximum Gasteiger partial charge on any atom is 0.184 e. The highest BCUT2D eigenvalue weighted by atomic mass is 35.5. The van der Waals surface area contributed by atoms with Crippen LogP contribution in [0.1, 0.15) is 18.9 Å². The summed E-state index contributed by atoms with van der Waals surface area (Å²) in [5.41, 5.74) is 0.872. The molecule has 0 aliphatic heterocycles. The van der Waals surface area contributed by atoms with Crippen molar-refractivity contribution in [2.24, 2.45) is 0 Å². The molecular weight excluding hydrogens is 238 g/mol. The van der Waals surface area contributed by atoms with Gasteiger partial charge in [0.25, 0.3) is 0 Å². The first-order chi connectivity index (χ1) is 8.28. The summed E-state index contributed by atoms with van der Waals surface area (Å²) in [7, 11) is 1.62. The normalized spacial score (nSPS) is 14.9. The van der Waals surface area contributed by atoms with Gasteiger partial charge < -0.3 is 4.74 Å². The first-order valence-electron chi connectivity index (χ1n) is 5.53. The molecule has 1 aliphatic rings. The van der Waals surface area contributed by atoms with Crippen LogP contribution in [0.2, 0.25) is 5.02 Å². The number of halogens is 1. The average molecular weight is 250 g/mol. The molecule has 4 nitrogen and oxygen atoms in total. The number of methoxy groups -OCH3 is 1. The largest absolute Gasteiger partial charge is 0.496 e. The van der Waals surface area contributed by atoms with E-state index in [0.717, 1.165) is 5.56 Å². The molecule has 0 saturated heterocycles. The van der Waals surface area contributed by atoms with E-state index in [4.69, 9.17) is 16.3 Å². The molecular formula is C12H12ClN3O. The van der Waals surface area contributed by atoms with E-state index in [-0.39, 0.29) is 0 Å². The zero-order chi connectivity index (χ0) is 11.8. The van der Waals surface area contributed by atoms with Gasteiger partial charge in [0.2, 0.25) is 0 Å². The summed E-state index contributed by atoms with van der Waals surface area (Å²) in [6.07, 6.45) is 4.17. The van der Waals surface area contributed by atoms with Gasteiger partial charge >= 0.3 is 0 Å². The highest BCUT2D eigenvalue weighted by Gasteiger charge is 2.25. The third-order valence-electron chi connectivity index (χ3n) is 2.83. The van der Waals surface area contributed by atoms with Crippen LogP contribution in [-0.2, 0) is 0 Å². The first kappa shape index (κ1) is 10.6. The SMILES string of the molecule is COc1cc(Cl)ccc1-c1ncn(C2CC2)n1. The minimum absolute atomic E-state index is 0.537. The number of aromatic nitrogens is 3. The lowest BCUT2D eigenvalue weighted by molar-refractivity contribution is 0.416. The number of nitrogens with zero attached hydrogens (tertiary/aromatic N) is 3. The van der Waals surface area contributed by atoms with Gasteiger partial charge in [0, 0.05) is 5.02 Å². The van der Waals surface area contributed by atoms with E-state index in [1.165, 1.54) is 12.8 Å². The number of hydrogen-bond acceptors (Lipinski definition) is 3. The maximum absolute atomic E-state index is 5.92. The van der Waals surface area contributed by atoms with Crippen molar-refractivity contribution in [2.45, 2.75) is 18.9 Å². The number of benzene rings is 1. The quantitative estimate of drug-likeness (QED) is 0.840. The predicted molar refractivity (Wildman–Crippen MR) is 65.3 cm³/mol. The number of hydrogen-bond donors (Lipinski definition) is 0. The molecule has 1 aliphatic carbocycles. The first-order valence-corrected chi connectivity index (χ1v) is 5.91. The lowest BCUT2D eigenvalue weighted by Gasteiger charge is -2.05. The fraction of sp³-hybridized carbons (Fsp3) is 0.333. The molecule has 1 aromatic heterocycles. The number of ether oxygens (including phenoxy) is 1.